The number of hydrogen-bond donors (Lipinski definition) is 2. The number of rotatable bonds is 6. The molecule has 0 aliphatic heterocycles. The van der Waals surface area contributed by atoms with Gasteiger partial charge in [-0.05, 0) is 61.4 Å². The van der Waals surface area contributed by atoms with Crippen LogP contribution in [0.4, 0.5) is 11.4 Å². The van der Waals surface area contributed by atoms with E-state index in [1.807, 2.05) is 13.0 Å². The molecule has 0 spiro atoms. The van der Waals surface area contributed by atoms with Gasteiger partial charge in [0, 0.05) is 5.69 Å². The monoisotopic (exact) mass is 485 g/mol. The maximum absolute atomic E-state index is 12.9. The molecular weight excluding hydrogens is 469 g/mol. The molecule has 0 saturated heterocycles. The molecule has 0 bridgehead atoms. The van der Waals surface area contributed by atoms with E-state index >= 15 is 0 Å². The molecule has 0 unspecified atom stereocenters. The van der Waals surface area contributed by atoms with Gasteiger partial charge in [0.25, 0.3) is 20.0 Å². The number of anilines is 2. The summed E-state index contributed by atoms with van der Waals surface area (Å²) in [4.78, 5) is 3.37. The number of nitrogens with one attached hydrogen (secondary N) is 2. The van der Waals surface area contributed by atoms with Crippen molar-refractivity contribution in [3.63, 3.8) is 0 Å². The number of nitrogens with zero attached hydrogens (tertiary/aromatic N) is 1. The third kappa shape index (κ3) is 5.04. The van der Waals surface area contributed by atoms with Gasteiger partial charge in [0.1, 0.15) is 10.0 Å². The van der Waals surface area contributed by atoms with E-state index in [1.54, 1.807) is 25.1 Å². The van der Waals surface area contributed by atoms with Crippen LogP contribution in [0.2, 0.25) is 10.3 Å². The van der Waals surface area contributed by atoms with Gasteiger partial charge >= 0.3 is 0 Å². The van der Waals surface area contributed by atoms with Crippen LogP contribution < -0.4 is 9.44 Å². The van der Waals surface area contributed by atoms with Crippen molar-refractivity contribution in [1.29, 1.82) is 0 Å². The number of hydrogen-bond acceptors (Lipinski definition) is 5. The number of benzene rings is 2. The Balaban J connectivity index is 1.95. The summed E-state index contributed by atoms with van der Waals surface area (Å²) in [5, 5.41) is -0.249. The average molecular weight is 486 g/mol. The van der Waals surface area contributed by atoms with Crippen molar-refractivity contribution < 1.29 is 16.8 Å². The van der Waals surface area contributed by atoms with Crippen molar-refractivity contribution in [3.8, 4) is 0 Å². The molecule has 0 fully saturated rings. The van der Waals surface area contributed by atoms with E-state index in [1.165, 1.54) is 30.3 Å². The average Bonchev–Trinajstić information content (AvgIpc) is 2.62. The summed E-state index contributed by atoms with van der Waals surface area (Å²) in [6.45, 7) is 3.46. The fraction of sp³-hybridized carbons (Fsp3) is 0.105. The first-order valence-electron chi connectivity index (χ1n) is 8.53. The zero-order chi connectivity index (χ0) is 22.1. The summed E-state index contributed by atoms with van der Waals surface area (Å²) < 4.78 is 55.9. The third-order valence-corrected chi connectivity index (χ3v) is 7.62. The maximum atomic E-state index is 12.9. The van der Waals surface area contributed by atoms with E-state index in [9.17, 15) is 16.8 Å². The van der Waals surface area contributed by atoms with E-state index < -0.39 is 20.0 Å². The Bertz CT molecular complexity index is 1330. The lowest BCUT2D eigenvalue weighted by Crippen LogP contribution is -2.17. The van der Waals surface area contributed by atoms with E-state index in [4.69, 9.17) is 23.2 Å². The van der Waals surface area contributed by atoms with Crippen LogP contribution in [0.15, 0.2) is 64.4 Å². The van der Waals surface area contributed by atoms with Crippen LogP contribution in [-0.4, -0.2) is 21.8 Å². The van der Waals surface area contributed by atoms with Crippen molar-refractivity contribution in [2.75, 3.05) is 9.44 Å². The van der Waals surface area contributed by atoms with Gasteiger partial charge < -0.3 is 0 Å². The Kier molecular flexibility index (Phi) is 6.28. The van der Waals surface area contributed by atoms with Gasteiger partial charge in [0.15, 0.2) is 5.15 Å². The quantitative estimate of drug-likeness (QED) is 0.496. The topological polar surface area (TPSA) is 105 Å². The Hall–Kier alpha value is -2.33. The van der Waals surface area contributed by atoms with Gasteiger partial charge in [0.05, 0.1) is 10.6 Å². The highest BCUT2D eigenvalue weighted by atomic mass is 35.5. The molecule has 0 aliphatic carbocycles. The minimum Gasteiger partial charge on any atom is -0.280 e. The molecule has 0 atom stereocenters. The molecule has 11 heteroatoms. The van der Waals surface area contributed by atoms with Gasteiger partial charge in [-0.3, -0.25) is 9.44 Å². The molecule has 0 saturated carbocycles. The number of aromatic nitrogens is 1. The van der Waals surface area contributed by atoms with Gasteiger partial charge in [-0.25, -0.2) is 21.8 Å². The molecule has 3 rings (SSSR count). The van der Waals surface area contributed by atoms with E-state index in [2.05, 4.69) is 14.4 Å². The Morgan fingerprint density at radius 1 is 0.767 bits per heavy atom. The summed E-state index contributed by atoms with van der Waals surface area (Å²) in [6, 6.07) is 13.6. The van der Waals surface area contributed by atoms with Crippen LogP contribution in [-0.2, 0) is 20.0 Å². The lowest BCUT2D eigenvalue weighted by molar-refractivity contribution is 0.598. The van der Waals surface area contributed by atoms with Crippen molar-refractivity contribution in [1.82, 2.24) is 4.98 Å². The minimum atomic E-state index is -4.12. The van der Waals surface area contributed by atoms with Crippen LogP contribution in [0, 0.1) is 13.8 Å². The normalized spacial score (nSPS) is 11.9. The smallest absolute Gasteiger partial charge is 0.264 e. The first-order valence-corrected chi connectivity index (χ1v) is 12.3. The lowest BCUT2D eigenvalue weighted by Gasteiger charge is -2.14. The summed E-state index contributed by atoms with van der Waals surface area (Å²) in [7, 11) is -8.08. The van der Waals surface area contributed by atoms with Crippen LogP contribution >= 0.6 is 23.2 Å². The number of halogens is 2. The van der Waals surface area contributed by atoms with Crippen molar-refractivity contribution in [2.45, 2.75) is 23.6 Å². The molecule has 158 valence electrons. The van der Waals surface area contributed by atoms with Crippen LogP contribution in [0.5, 0.6) is 0 Å². The second-order valence-corrected chi connectivity index (χ2v) is 10.5. The SMILES string of the molecule is Cc1cccc(NS(=O)(=O)c2cc(NS(=O)(=O)c3ccc(Cl)nc3Cl)ccc2C)c1. The predicted octanol–water partition coefficient (Wildman–Crippen LogP) is 4.61. The molecule has 7 nitrogen and oxygen atoms in total. The van der Waals surface area contributed by atoms with Gasteiger partial charge in [0.2, 0.25) is 0 Å². The van der Waals surface area contributed by atoms with E-state index in [0.717, 1.165) is 5.56 Å². The number of aryl methyl sites for hydroxylation is 2. The standard InChI is InChI=1S/C19H17Cl2N3O4S2/c1-12-4-3-5-14(10-12)23-30(27,28)17-11-15(7-6-13(17)2)24-29(25,26)16-8-9-18(20)22-19(16)21/h3-11,23-24H,1-2H3. The number of pyridine rings is 1. The van der Waals surface area contributed by atoms with Gasteiger partial charge in [-0.15, -0.1) is 0 Å². The van der Waals surface area contributed by atoms with Crippen LogP contribution in [0.3, 0.4) is 0 Å². The highest BCUT2D eigenvalue weighted by Gasteiger charge is 2.22. The molecule has 0 radical (unpaired) electrons. The summed E-state index contributed by atoms with van der Waals surface area (Å²) in [5.74, 6) is 0. The van der Waals surface area contributed by atoms with Gasteiger partial charge in [-0.2, -0.15) is 0 Å². The molecule has 1 aromatic heterocycles. The lowest BCUT2D eigenvalue weighted by atomic mass is 10.2. The molecule has 1 heterocycles. The zero-order valence-corrected chi connectivity index (χ0v) is 19.0. The first kappa shape index (κ1) is 22.4. The largest absolute Gasteiger partial charge is 0.280 e. The second-order valence-electron chi connectivity index (χ2n) is 6.48. The summed E-state index contributed by atoms with van der Waals surface area (Å²) in [6.07, 6.45) is 0. The molecular formula is C19H17Cl2N3O4S2. The van der Waals surface area contributed by atoms with E-state index in [0.29, 0.717) is 11.3 Å². The molecule has 0 amide bonds. The van der Waals surface area contributed by atoms with Crippen molar-refractivity contribution in [2.24, 2.45) is 0 Å². The fourth-order valence-electron chi connectivity index (χ4n) is 2.68. The Labute approximate surface area is 185 Å². The molecule has 30 heavy (non-hydrogen) atoms. The van der Waals surface area contributed by atoms with Crippen molar-refractivity contribution >= 4 is 54.6 Å². The Morgan fingerprint density at radius 2 is 1.40 bits per heavy atom. The highest BCUT2D eigenvalue weighted by Crippen LogP contribution is 2.27. The second kappa shape index (κ2) is 8.43. The summed E-state index contributed by atoms with van der Waals surface area (Å²) in [5.41, 5.74) is 1.79. The zero-order valence-electron chi connectivity index (χ0n) is 15.8. The molecule has 0 aliphatic rings. The van der Waals surface area contributed by atoms with Crippen molar-refractivity contribution in [3.05, 3.63) is 76.0 Å². The Morgan fingerprint density at radius 3 is 2.03 bits per heavy atom. The highest BCUT2D eigenvalue weighted by molar-refractivity contribution is 7.93. The maximum Gasteiger partial charge on any atom is 0.264 e. The summed E-state index contributed by atoms with van der Waals surface area (Å²) >= 11 is 11.6. The molecule has 3 aromatic rings. The number of sulfonamides is 2. The van der Waals surface area contributed by atoms with Crippen LogP contribution in [0.1, 0.15) is 11.1 Å². The molecule has 2 N–H and O–H groups in total. The fourth-order valence-corrected chi connectivity index (χ4v) is 5.71. The van der Waals surface area contributed by atoms with Crippen LogP contribution in [0.25, 0.3) is 0 Å². The minimum absolute atomic E-state index is 0.0462. The third-order valence-electron chi connectivity index (χ3n) is 4.07. The molecule has 2 aromatic carbocycles. The predicted molar refractivity (Wildman–Crippen MR) is 118 cm³/mol. The van der Waals surface area contributed by atoms with E-state index in [-0.39, 0.29) is 25.8 Å². The first-order chi connectivity index (χ1) is 14.0. The van der Waals surface area contributed by atoms with Gasteiger partial charge in [-0.1, -0.05) is 41.4 Å².